The molecule has 2 heterocycles. The topological polar surface area (TPSA) is 126 Å². The molecule has 1 N–H and O–H groups in total. The third-order valence-electron chi connectivity index (χ3n) is 7.89. The number of rotatable bonds is 8. The number of nitrogens with zero attached hydrogens (tertiary/aromatic N) is 3. The van der Waals surface area contributed by atoms with Crippen LogP contribution in [0.3, 0.4) is 0 Å². The number of aliphatic hydroxyl groups is 1. The van der Waals surface area contributed by atoms with Gasteiger partial charge in [0, 0.05) is 42.9 Å². The second kappa shape index (κ2) is 12.0. The van der Waals surface area contributed by atoms with Crippen LogP contribution in [0, 0.1) is 0 Å². The minimum atomic E-state index is -5.30. The standard InChI is InChI=1S/C30H29ClF3N3O8S/c1-35(2)27(39)23-14-18(38)16-36(23)29(20-7-5-6-8-24(20)44-4)21-13-17(31)9-11-22(21)37(28(29)40)46(41,42)26-12-10-19(43-3)15-25(26)45-30(32,33)34/h5-13,15,18,23,38H,14,16H2,1-4H3/t18-,23+,29?/m1/s1. The zero-order valence-corrected chi connectivity index (χ0v) is 26.5. The molecule has 11 nitrogen and oxygen atoms in total. The molecular formula is C30H29ClF3N3O8S. The number of benzene rings is 3. The Labute approximate surface area is 267 Å². The number of fused-ring (bicyclic) bond motifs is 1. The highest BCUT2D eigenvalue weighted by atomic mass is 35.5. The van der Waals surface area contributed by atoms with E-state index in [2.05, 4.69) is 4.74 Å². The Morgan fingerprint density at radius 1 is 1.02 bits per heavy atom. The quantitative estimate of drug-likeness (QED) is 0.378. The van der Waals surface area contributed by atoms with Crippen molar-refractivity contribution >= 4 is 39.1 Å². The first-order valence-corrected chi connectivity index (χ1v) is 15.5. The number of aliphatic hydroxyl groups excluding tert-OH is 1. The van der Waals surface area contributed by atoms with Gasteiger partial charge in [-0.2, -0.15) is 0 Å². The molecule has 16 heteroatoms. The molecule has 1 fully saturated rings. The summed E-state index contributed by atoms with van der Waals surface area (Å²) in [4.78, 5) is 30.4. The van der Waals surface area contributed by atoms with Crippen LogP contribution in [0.4, 0.5) is 18.9 Å². The highest BCUT2D eigenvalue weighted by molar-refractivity contribution is 7.93. The lowest BCUT2D eigenvalue weighted by Gasteiger charge is -2.42. The molecular weight excluding hydrogens is 655 g/mol. The summed E-state index contributed by atoms with van der Waals surface area (Å²) in [6, 6.07) is 11.7. The van der Waals surface area contributed by atoms with E-state index in [1.165, 1.54) is 68.4 Å². The van der Waals surface area contributed by atoms with E-state index in [1.807, 2.05) is 0 Å². The number of likely N-dealkylation sites (tertiary alicyclic amines) is 1. The van der Waals surface area contributed by atoms with Gasteiger partial charge in [-0.05, 0) is 42.8 Å². The summed E-state index contributed by atoms with van der Waals surface area (Å²) in [7, 11) is 0.280. The molecule has 0 aliphatic carbocycles. The van der Waals surface area contributed by atoms with Crippen LogP contribution in [-0.2, 0) is 25.2 Å². The van der Waals surface area contributed by atoms with E-state index in [-0.39, 0.29) is 46.3 Å². The van der Waals surface area contributed by atoms with Crippen LogP contribution in [0.1, 0.15) is 17.5 Å². The van der Waals surface area contributed by atoms with Gasteiger partial charge in [-0.15, -0.1) is 13.2 Å². The molecule has 0 bridgehead atoms. The summed E-state index contributed by atoms with van der Waals surface area (Å²) in [6.45, 7) is -0.265. The van der Waals surface area contributed by atoms with E-state index in [4.69, 9.17) is 21.1 Å². The van der Waals surface area contributed by atoms with Gasteiger partial charge < -0.3 is 24.2 Å². The predicted molar refractivity (Wildman–Crippen MR) is 159 cm³/mol. The lowest BCUT2D eigenvalue weighted by molar-refractivity contribution is -0.275. The van der Waals surface area contributed by atoms with Gasteiger partial charge in [-0.25, -0.2) is 12.7 Å². The average molecular weight is 684 g/mol. The number of halogens is 4. The number of para-hydroxylation sites is 1. The van der Waals surface area contributed by atoms with Gasteiger partial charge in [-0.1, -0.05) is 29.8 Å². The van der Waals surface area contributed by atoms with Crippen LogP contribution in [0.15, 0.2) is 65.6 Å². The predicted octanol–water partition coefficient (Wildman–Crippen LogP) is 3.76. The largest absolute Gasteiger partial charge is 0.573 e. The van der Waals surface area contributed by atoms with Crippen LogP contribution in [0.5, 0.6) is 17.2 Å². The van der Waals surface area contributed by atoms with Crippen molar-refractivity contribution in [3.8, 4) is 17.2 Å². The number of sulfonamides is 1. The number of hydrogen-bond donors (Lipinski definition) is 1. The van der Waals surface area contributed by atoms with E-state index in [0.717, 1.165) is 18.2 Å². The van der Waals surface area contributed by atoms with Crippen molar-refractivity contribution in [2.75, 3.05) is 39.2 Å². The molecule has 0 spiro atoms. The Kier molecular flexibility index (Phi) is 8.66. The molecule has 1 saturated heterocycles. The van der Waals surface area contributed by atoms with Crippen molar-refractivity contribution in [3.05, 3.63) is 76.8 Å². The molecule has 2 aliphatic heterocycles. The molecule has 0 saturated carbocycles. The van der Waals surface area contributed by atoms with E-state index >= 15 is 4.79 Å². The fraction of sp³-hybridized carbons (Fsp3) is 0.333. The normalized spacial score (nSPS) is 21.7. The molecule has 46 heavy (non-hydrogen) atoms. The minimum Gasteiger partial charge on any atom is -0.497 e. The Balaban J connectivity index is 1.85. The maximum Gasteiger partial charge on any atom is 0.573 e. The number of ether oxygens (including phenoxy) is 3. The van der Waals surface area contributed by atoms with E-state index in [0.29, 0.717) is 4.31 Å². The summed E-state index contributed by atoms with van der Waals surface area (Å²) >= 11 is 6.44. The first-order chi connectivity index (χ1) is 21.6. The first kappa shape index (κ1) is 33.3. The van der Waals surface area contributed by atoms with Crippen LogP contribution in [0.2, 0.25) is 5.02 Å². The van der Waals surface area contributed by atoms with E-state index in [1.54, 1.807) is 12.1 Å². The summed E-state index contributed by atoms with van der Waals surface area (Å²) in [6.07, 6.45) is -6.52. The Morgan fingerprint density at radius 2 is 1.72 bits per heavy atom. The van der Waals surface area contributed by atoms with Gasteiger partial charge >= 0.3 is 6.36 Å². The number of alkyl halides is 3. The second-order valence-electron chi connectivity index (χ2n) is 10.8. The van der Waals surface area contributed by atoms with E-state index < -0.39 is 56.5 Å². The van der Waals surface area contributed by atoms with Crippen LogP contribution in [-0.4, -0.2) is 88.5 Å². The van der Waals surface area contributed by atoms with Gasteiger partial charge in [-0.3, -0.25) is 14.5 Å². The number of β-amino-alcohol motifs (C(OH)–C–C–N with tert-alkyl or cyclic N) is 1. The number of carbonyl (C=O) groups excluding carboxylic acids is 2. The SMILES string of the molecule is COc1ccc(S(=O)(=O)N2C(=O)C(c3ccccc3OC)(N3C[C@H](O)C[C@H]3C(=O)N(C)C)c3cc(Cl)ccc32)c(OC(F)(F)F)c1. The molecule has 0 radical (unpaired) electrons. The molecule has 3 aromatic carbocycles. The average Bonchev–Trinajstić information content (AvgIpc) is 3.50. The molecule has 246 valence electrons. The first-order valence-electron chi connectivity index (χ1n) is 13.7. The fourth-order valence-corrected chi connectivity index (χ4v) is 7.80. The Morgan fingerprint density at radius 3 is 2.35 bits per heavy atom. The van der Waals surface area contributed by atoms with Crippen molar-refractivity contribution in [2.45, 2.75) is 35.4 Å². The van der Waals surface area contributed by atoms with Gasteiger partial charge in [0.25, 0.3) is 15.9 Å². The van der Waals surface area contributed by atoms with Gasteiger partial charge in [0.05, 0.1) is 32.1 Å². The maximum atomic E-state index is 15.1. The lowest BCUT2D eigenvalue weighted by atomic mass is 9.80. The third kappa shape index (κ3) is 5.40. The second-order valence-corrected chi connectivity index (χ2v) is 13.0. The summed E-state index contributed by atoms with van der Waals surface area (Å²) < 4.78 is 84.5. The number of anilines is 1. The van der Waals surface area contributed by atoms with Crippen molar-refractivity contribution in [3.63, 3.8) is 0 Å². The molecule has 2 amide bonds. The number of hydrogen-bond acceptors (Lipinski definition) is 9. The number of methoxy groups -OCH3 is 2. The molecule has 2 aliphatic rings. The van der Waals surface area contributed by atoms with Crippen molar-refractivity contribution in [1.29, 1.82) is 0 Å². The summed E-state index contributed by atoms with van der Waals surface area (Å²) in [5, 5.41) is 11.0. The highest BCUT2D eigenvalue weighted by Gasteiger charge is 2.64. The van der Waals surface area contributed by atoms with Crippen molar-refractivity contribution in [1.82, 2.24) is 9.80 Å². The van der Waals surface area contributed by atoms with Crippen molar-refractivity contribution < 1.29 is 50.5 Å². The summed E-state index contributed by atoms with van der Waals surface area (Å²) in [5.41, 5.74) is -2.32. The van der Waals surface area contributed by atoms with Crippen LogP contribution in [0.25, 0.3) is 0 Å². The number of likely N-dealkylation sites (N-methyl/N-ethyl adjacent to an activating group) is 1. The summed E-state index contributed by atoms with van der Waals surface area (Å²) in [5.74, 6) is -2.81. The van der Waals surface area contributed by atoms with Gasteiger partial charge in [0.2, 0.25) is 5.91 Å². The Bertz CT molecular complexity index is 1810. The smallest absolute Gasteiger partial charge is 0.497 e. The van der Waals surface area contributed by atoms with Crippen molar-refractivity contribution in [2.24, 2.45) is 0 Å². The van der Waals surface area contributed by atoms with Crippen LogP contribution >= 0.6 is 11.6 Å². The number of amides is 2. The molecule has 5 rings (SSSR count). The molecule has 0 aromatic heterocycles. The Hall–Kier alpha value is -4.05. The minimum absolute atomic E-state index is 0.00414. The lowest BCUT2D eigenvalue weighted by Crippen LogP contribution is -2.59. The maximum absolute atomic E-state index is 15.1. The monoisotopic (exact) mass is 683 g/mol. The van der Waals surface area contributed by atoms with Gasteiger partial charge in [0.15, 0.2) is 11.3 Å². The highest BCUT2D eigenvalue weighted by Crippen LogP contribution is 2.55. The fourth-order valence-electron chi connectivity index (χ4n) is 6.07. The van der Waals surface area contributed by atoms with Crippen LogP contribution < -0.4 is 18.5 Å². The molecule has 1 unspecified atom stereocenters. The van der Waals surface area contributed by atoms with E-state index in [9.17, 15) is 31.5 Å². The molecule has 3 atom stereocenters. The molecule has 3 aromatic rings. The van der Waals surface area contributed by atoms with Gasteiger partial charge in [0.1, 0.15) is 16.4 Å². The third-order valence-corrected chi connectivity index (χ3v) is 9.86. The number of carbonyl (C=O) groups is 2. The zero-order valence-electron chi connectivity index (χ0n) is 24.9. The zero-order chi connectivity index (χ0) is 33.8.